The van der Waals surface area contributed by atoms with Crippen LogP contribution in [0.1, 0.15) is 52.5 Å². The van der Waals surface area contributed by atoms with Crippen molar-refractivity contribution < 1.29 is 27.5 Å². The summed E-state index contributed by atoms with van der Waals surface area (Å²) in [5, 5.41) is 2.98. The molecule has 0 aliphatic carbocycles. The van der Waals surface area contributed by atoms with Gasteiger partial charge in [0.2, 0.25) is 21.8 Å². The first kappa shape index (κ1) is 31.0. The van der Waals surface area contributed by atoms with E-state index in [1.54, 1.807) is 36.3 Å². The van der Waals surface area contributed by atoms with Crippen LogP contribution in [0.4, 0.5) is 5.69 Å². The van der Waals surface area contributed by atoms with E-state index in [0.717, 1.165) is 11.8 Å². The van der Waals surface area contributed by atoms with Gasteiger partial charge in [-0.15, -0.1) is 0 Å². The van der Waals surface area contributed by atoms with Crippen LogP contribution in [0.2, 0.25) is 0 Å². The van der Waals surface area contributed by atoms with Crippen molar-refractivity contribution in [3.05, 3.63) is 54.1 Å². The number of carbonyl (C=O) groups is 2. The lowest BCUT2D eigenvalue weighted by molar-refractivity contribution is -0.142. The lowest BCUT2D eigenvalue weighted by atomic mass is 10.0. The molecule has 1 atom stereocenters. The molecule has 210 valence electrons. The van der Waals surface area contributed by atoms with E-state index in [0.29, 0.717) is 23.6 Å². The molecule has 2 amide bonds. The summed E-state index contributed by atoms with van der Waals surface area (Å²) in [6.45, 7) is 7.88. The second-order valence-corrected chi connectivity index (χ2v) is 12.1. The Morgan fingerprint density at radius 1 is 1.00 bits per heavy atom. The van der Waals surface area contributed by atoms with Crippen LogP contribution in [-0.2, 0) is 26.2 Å². The molecule has 9 nitrogen and oxygen atoms in total. The van der Waals surface area contributed by atoms with Crippen LogP contribution in [0, 0.1) is 0 Å². The Morgan fingerprint density at radius 3 is 2.16 bits per heavy atom. The fraction of sp³-hybridized carbons (Fsp3) is 0.500. The highest BCUT2D eigenvalue weighted by molar-refractivity contribution is 7.92. The molecule has 2 aromatic rings. The zero-order chi connectivity index (χ0) is 28.5. The number of rotatable bonds is 13. The van der Waals surface area contributed by atoms with E-state index in [9.17, 15) is 18.0 Å². The number of carbonyl (C=O) groups excluding carboxylic acids is 2. The summed E-state index contributed by atoms with van der Waals surface area (Å²) in [6, 6.07) is 13.5. The van der Waals surface area contributed by atoms with E-state index in [4.69, 9.17) is 9.47 Å². The van der Waals surface area contributed by atoms with E-state index in [-0.39, 0.29) is 37.7 Å². The van der Waals surface area contributed by atoms with Crippen LogP contribution in [-0.4, -0.2) is 63.7 Å². The summed E-state index contributed by atoms with van der Waals surface area (Å²) in [5.74, 6) is 0.662. The van der Waals surface area contributed by atoms with Crippen LogP contribution in [0.5, 0.6) is 11.5 Å². The number of anilines is 1. The Labute approximate surface area is 227 Å². The predicted molar refractivity (Wildman–Crippen MR) is 150 cm³/mol. The number of sulfonamides is 1. The van der Waals surface area contributed by atoms with Crippen LogP contribution in [0.25, 0.3) is 0 Å². The Kier molecular flexibility index (Phi) is 11.0. The van der Waals surface area contributed by atoms with Crippen molar-refractivity contribution in [3.63, 3.8) is 0 Å². The lowest BCUT2D eigenvalue weighted by Crippen LogP contribution is -2.53. The van der Waals surface area contributed by atoms with Crippen molar-refractivity contribution >= 4 is 27.5 Å². The highest BCUT2D eigenvalue weighted by Crippen LogP contribution is 2.30. The third-order valence-corrected chi connectivity index (χ3v) is 7.08. The third-order valence-electron chi connectivity index (χ3n) is 5.90. The van der Waals surface area contributed by atoms with E-state index in [2.05, 4.69) is 5.32 Å². The first-order valence-corrected chi connectivity index (χ1v) is 14.5. The van der Waals surface area contributed by atoms with Crippen molar-refractivity contribution in [2.24, 2.45) is 0 Å². The first-order valence-electron chi connectivity index (χ1n) is 12.7. The van der Waals surface area contributed by atoms with Gasteiger partial charge < -0.3 is 19.7 Å². The van der Waals surface area contributed by atoms with Gasteiger partial charge in [0.15, 0.2) is 0 Å². The fourth-order valence-corrected chi connectivity index (χ4v) is 5.09. The van der Waals surface area contributed by atoms with Crippen LogP contribution in [0.3, 0.4) is 0 Å². The zero-order valence-electron chi connectivity index (χ0n) is 23.5. The molecule has 0 heterocycles. The molecule has 0 aliphatic rings. The summed E-state index contributed by atoms with van der Waals surface area (Å²) in [7, 11) is -0.564. The molecule has 2 rings (SSSR count). The number of methoxy groups -OCH3 is 2. The molecular weight excluding hydrogens is 506 g/mol. The Morgan fingerprint density at radius 2 is 1.63 bits per heavy atom. The molecule has 0 saturated heterocycles. The maximum Gasteiger partial charge on any atom is 0.243 e. The minimum Gasteiger partial charge on any atom is -0.497 e. The number of amides is 2. The largest absolute Gasteiger partial charge is 0.497 e. The van der Waals surface area contributed by atoms with Crippen LogP contribution < -0.4 is 19.1 Å². The SMILES string of the molecule is CC[C@@H](C(=O)NC(C)(C)C)N(Cc1ccc(OC)cc1)C(=O)CCCN(c1ccccc1OC)S(C)(=O)=O. The highest BCUT2D eigenvalue weighted by atomic mass is 32.2. The van der Waals surface area contributed by atoms with Gasteiger partial charge in [0, 0.05) is 25.0 Å². The van der Waals surface area contributed by atoms with Crippen molar-refractivity contribution in [3.8, 4) is 11.5 Å². The lowest BCUT2D eigenvalue weighted by Gasteiger charge is -2.33. The van der Waals surface area contributed by atoms with E-state index < -0.39 is 21.6 Å². The van der Waals surface area contributed by atoms with Crippen LogP contribution in [0.15, 0.2) is 48.5 Å². The number of nitrogens with zero attached hydrogens (tertiary/aromatic N) is 2. The summed E-state index contributed by atoms with van der Waals surface area (Å²) in [6.07, 6.45) is 1.89. The Balaban J connectivity index is 2.27. The maximum atomic E-state index is 13.6. The quantitative estimate of drug-likeness (QED) is 0.407. The molecule has 0 spiro atoms. The average Bonchev–Trinajstić information content (AvgIpc) is 2.85. The van der Waals surface area contributed by atoms with Crippen molar-refractivity contribution in [2.45, 2.75) is 65.1 Å². The van der Waals surface area contributed by atoms with Gasteiger partial charge >= 0.3 is 0 Å². The molecule has 0 aromatic heterocycles. The molecule has 0 unspecified atom stereocenters. The van der Waals surface area contributed by atoms with Crippen molar-refractivity contribution in [1.29, 1.82) is 0 Å². The van der Waals surface area contributed by atoms with Crippen LogP contribution >= 0.6 is 0 Å². The van der Waals surface area contributed by atoms with Crippen molar-refractivity contribution in [1.82, 2.24) is 10.2 Å². The number of para-hydroxylation sites is 2. The summed E-state index contributed by atoms with van der Waals surface area (Å²) in [5.41, 5.74) is 0.813. The second-order valence-electron chi connectivity index (χ2n) is 10.1. The normalized spacial score (nSPS) is 12.4. The second kappa shape index (κ2) is 13.5. The van der Waals surface area contributed by atoms with Gasteiger partial charge in [0.05, 0.1) is 26.2 Å². The maximum absolute atomic E-state index is 13.6. The molecule has 10 heteroatoms. The minimum atomic E-state index is -3.63. The van der Waals surface area contributed by atoms with Gasteiger partial charge in [0.25, 0.3) is 0 Å². The van der Waals surface area contributed by atoms with Gasteiger partial charge in [-0.2, -0.15) is 0 Å². The number of hydrogen-bond donors (Lipinski definition) is 1. The molecule has 1 N–H and O–H groups in total. The first-order chi connectivity index (χ1) is 17.8. The summed E-state index contributed by atoms with van der Waals surface area (Å²) in [4.78, 5) is 28.3. The number of nitrogens with one attached hydrogen (secondary N) is 1. The van der Waals surface area contributed by atoms with Gasteiger partial charge in [-0.1, -0.05) is 31.2 Å². The number of ether oxygens (including phenoxy) is 2. The molecule has 0 aliphatic heterocycles. The molecule has 0 fully saturated rings. The average molecular weight is 548 g/mol. The third kappa shape index (κ3) is 8.93. The molecule has 38 heavy (non-hydrogen) atoms. The number of benzene rings is 2. The molecule has 0 saturated carbocycles. The van der Waals surface area contributed by atoms with Gasteiger partial charge in [-0.25, -0.2) is 8.42 Å². The highest BCUT2D eigenvalue weighted by Gasteiger charge is 2.31. The standard InChI is InChI=1S/C28H41N3O6S/c1-8-23(27(33)29-28(2,3)4)30(20-21-15-17-22(36-5)18-16-21)26(32)14-11-19-31(38(7,34)35)24-12-9-10-13-25(24)37-6/h9-10,12-13,15-18,23H,8,11,14,19-20H2,1-7H3,(H,29,33)/t23-/m0/s1. The van der Waals surface area contributed by atoms with Gasteiger partial charge in [0.1, 0.15) is 17.5 Å². The molecule has 0 radical (unpaired) electrons. The van der Waals surface area contributed by atoms with Gasteiger partial charge in [-0.3, -0.25) is 13.9 Å². The topological polar surface area (TPSA) is 105 Å². The molecule has 2 aromatic carbocycles. The zero-order valence-corrected chi connectivity index (χ0v) is 24.3. The smallest absolute Gasteiger partial charge is 0.243 e. The van der Waals surface area contributed by atoms with E-state index >= 15 is 0 Å². The molecule has 0 bridgehead atoms. The molecular formula is C28H41N3O6S. The predicted octanol–water partition coefficient (Wildman–Crippen LogP) is 3.97. The summed E-state index contributed by atoms with van der Waals surface area (Å²) < 4.78 is 37.0. The summed E-state index contributed by atoms with van der Waals surface area (Å²) >= 11 is 0. The fourth-order valence-electron chi connectivity index (χ4n) is 4.12. The van der Waals surface area contributed by atoms with Crippen molar-refractivity contribution in [2.75, 3.05) is 31.3 Å². The Hall–Kier alpha value is -3.27. The minimum absolute atomic E-state index is 0.0661. The van der Waals surface area contributed by atoms with Gasteiger partial charge in [-0.05, 0) is 63.4 Å². The Bertz CT molecular complexity index is 1180. The monoisotopic (exact) mass is 547 g/mol. The number of hydrogen-bond acceptors (Lipinski definition) is 6. The van der Waals surface area contributed by atoms with E-state index in [1.807, 2.05) is 52.0 Å². The van der Waals surface area contributed by atoms with E-state index in [1.165, 1.54) is 11.4 Å².